The predicted octanol–water partition coefficient (Wildman–Crippen LogP) is 2.33. The van der Waals surface area contributed by atoms with Crippen molar-refractivity contribution in [3.8, 4) is 5.69 Å². The second-order valence-corrected chi connectivity index (χ2v) is 9.53. The summed E-state index contributed by atoms with van der Waals surface area (Å²) in [4.78, 5) is 12.8. The summed E-state index contributed by atoms with van der Waals surface area (Å²) in [7, 11) is -3.56. The Morgan fingerprint density at radius 1 is 1.06 bits per heavy atom. The van der Waals surface area contributed by atoms with E-state index in [1.165, 1.54) is 15.3 Å². The first-order chi connectivity index (χ1) is 14.9. The molecule has 162 valence electrons. The van der Waals surface area contributed by atoms with E-state index in [1.54, 1.807) is 18.2 Å². The van der Waals surface area contributed by atoms with Crippen LogP contribution in [0.2, 0.25) is 0 Å². The SMILES string of the molecule is Cc1ccc(S(=O)(=O)N2CCCCC2)cc1NC(=O)Cc1ccc(-n2cnnn2)cc1. The summed E-state index contributed by atoms with van der Waals surface area (Å²) in [6, 6.07) is 12.2. The molecule has 2 aromatic carbocycles. The lowest BCUT2D eigenvalue weighted by molar-refractivity contribution is -0.115. The highest BCUT2D eigenvalue weighted by Crippen LogP contribution is 2.25. The van der Waals surface area contributed by atoms with E-state index >= 15 is 0 Å². The van der Waals surface area contributed by atoms with Gasteiger partial charge in [-0.05, 0) is 65.6 Å². The Hall–Kier alpha value is -3.11. The molecular weight excluding hydrogens is 416 g/mol. The number of aryl methyl sites for hydroxylation is 1. The van der Waals surface area contributed by atoms with Crippen molar-refractivity contribution in [2.75, 3.05) is 18.4 Å². The normalized spacial score (nSPS) is 15.0. The molecular formula is C21H24N6O3S. The van der Waals surface area contributed by atoms with E-state index in [0.717, 1.165) is 36.1 Å². The quantitative estimate of drug-likeness (QED) is 0.630. The van der Waals surface area contributed by atoms with Crippen molar-refractivity contribution < 1.29 is 13.2 Å². The average molecular weight is 441 g/mol. The Bertz CT molecular complexity index is 1150. The Balaban J connectivity index is 1.46. The maximum absolute atomic E-state index is 13.0. The highest BCUT2D eigenvalue weighted by atomic mass is 32.2. The first-order valence-corrected chi connectivity index (χ1v) is 11.6. The summed E-state index contributed by atoms with van der Waals surface area (Å²) < 4.78 is 29.0. The van der Waals surface area contributed by atoms with Crippen molar-refractivity contribution in [2.45, 2.75) is 37.5 Å². The third-order valence-corrected chi connectivity index (χ3v) is 7.25. The number of sulfonamides is 1. The number of nitrogens with one attached hydrogen (secondary N) is 1. The number of carbonyl (C=O) groups is 1. The van der Waals surface area contributed by atoms with Crippen LogP contribution in [0, 0.1) is 6.92 Å². The van der Waals surface area contributed by atoms with E-state index in [-0.39, 0.29) is 17.2 Å². The van der Waals surface area contributed by atoms with E-state index in [9.17, 15) is 13.2 Å². The number of hydrogen-bond acceptors (Lipinski definition) is 6. The van der Waals surface area contributed by atoms with Crippen molar-refractivity contribution >= 4 is 21.6 Å². The molecule has 1 amide bonds. The molecule has 1 fully saturated rings. The lowest BCUT2D eigenvalue weighted by Crippen LogP contribution is -2.35. The molecule has 0 saturated carbocycles. The smallest absolute Gasteiger partial charge is 0.243 e. The van der Waals surface area contributed by atoms with E-state index in [2.05, 4.69) is 20.8 Å². The molecule has 1 aliphatic rings. The minimum atomic E-state index is -3.56. The number of piperidine rings is 1. The summed E-state index contributed by atoms with van der Waals surface area (Å²) in [5.74, 6) is -0.217. The molecule has 1 N–H and O–H groups in total. The second-order valence-electron chi connectivity index (χ2n) is 7.59. The van der Waals surface area contributed by atoms with Gasteiger partial charge in [0.1, 0.15) is 6.33 Å². The highest BCUT2D eigenvalue weighted by molar-refractivity contribution is 7.89. The monoisotopic (exact) mass is 440 g/mol. The van der Waals surface area contributed by atoms with Crippen LogP contribution in [0.4, 0.5) is 5.69 Å². The van der Waals surface area contributed by atoms with Crippen molar-refractivity contribution in [1.82, 2.24) is 24.5 Å². The minimum absolute atomic E-state index is 0.165. The van der Waals surface area contributed by atoms with Crippen molar-refractivity contribution in [1.29, 1.82) is 0 Å². The molecule has 31 heavy (non-hydrogen) atoms. The molecule has 0 aliphatic carbocycles. The number of hydrogen-bond donors (Lipinski definition) is 1. The summed E-state index contributed by atoms with van der Waals surface area (Å²) in [6.45, 7) is 2.92. The minimum Gasteiger partial charge on any atom is -0.326 e. The second kappa shape index (κ2) is 8.94. The molecule has 0 radical (unpaired) electrons. The molecule has 0 bridgehead atoms. The Morgan fingerprint density at radius 3 is 2.48 bits per heavy atom. The zero-order chi connectivity index (χ0) is 21.8. The van der Waals surface area contributed by atoms with Gasteiger partial charge in [-0.1, -0.05) is 24.6 Å². The fraction of sp³-hybridized carbons (Fsp3) is 0.333. The van der Waals surface area contributed by atoms with Gasteiger partial charge >= 0.3 is 0 Å². The number of carbonyl (C=O) groups excluding carboxylic acids is 1. The van der Waals surface area contributed by atoms with Crippen LogP contribution in [0.1, 0.15) is 30.4 Å². The maximum atomic E-state index is 13.0. The number of nitrogens with zero attached hydrogens (tertiary/aromatic N) is 5. The van der Waals surface area contributed by atoms with Crippen LogP contribution in [-0.2, 0) is 21.2 Å². The van der Waals surface area contributed by atoms with Gasteiger partial charge < -0.3 is 5.32 Å². The number of tetrazole rings is 1. The van der Waals surface area contributed by atoms with Crippen LogP contribution in [0.5, 0.6) is 0 Å². The molecule has 1 saturated heterocycles. The zero-order valence-corrected chi connectivity index (χ0v) is 18.0. The van der Waals surface area contributed by atoms with Crippen LogP contribution >= 0.6 is 0 Å². The van der Waals surface area contributed by atoms with Gasteiger partial charge in [0, 0.05) is 18.8 Å². The van der Waals surface area contributed by atoms with Gasteiger partial charge in [0.05, 0.1) is 17.0 Å². The lowest BCUT2D eigenvalue weighted by Gasteiger charge is -2.26. The zero-order valence-electron chi connectivity index (χ0n) is 17.2. The Morgan fingerprint density at radius 2 is 1.81 bits per heavy atom. The third-order valence-electron chi connectivity index (χ3n) is 5.35. The number of aromatic nitrogens is 4. The molecule has 9 nitrogen and oxygen atoms in total. The molecule has 1 aliphatic heterocycles. The molecule has 2 heterocycles. The number of benzene rings is 2. The van der Waals surface area contributed by atoms with Crippen LogP contribution in [-0.4, -0.2) is 51.9 Å². The van der Waals surface area contributed by atoms with E-state index in [4.69, 9.17) is 0 Å². The predicted molar refractivity (Wildman–Crippen MR) is 115 cm³/mol. The first kappa shape index (κ1) is 21.1. The molecule has 0 unspecified atom stereocenters. The topological polar surface area (TPSA) is 110 Å². The number of amides is 1. The maximum Gasteiger partial charge on any atom is 0.243 e. The Kier molecular flexibility index (Phi) is 6.10. The molecule has 0 atom stereocenters. The third kappa shape index (κ3) is 4.80. The van der Waals surface area contributed by atoms with Crippen molar-refractivity contribution in [3.63, 3.8) is 0 Å². The van der Waals surface area contributed by atoms with Crippen LogP contribution in [0.25, 0.3) is 5.69 Å². The van der Waals surface area contributed by atoms with Gasteiger partial charge in [-0.25, -0.2) is 13.1 Å². The molecule has 3 aromatic rings. The van der Waals surface area contributed by atoms with Crippen LogP contribution in [0.15, 0.2) is 53.7 Å². The first-order valence-electron chi connectivity index (χ1n) is 10.2. The van der Waals surface area contributed by atoms with Gasteiger partial charge in [0.15, 0.2) is 0 Å². The Labute approximate surface area is 181 Å². The van der Waals surface area contributed by atoms with Crippen molar-refractivity contribution in [3.05, 3.63) is 59.9 Å². The van der Waals surface area contributed by atoms with Gasteiger partial charge in [-0.15, -0.1) is 5.10 Å². The fourth-order valence-corrected chi connectivity index (χ4v) is 5.12. The van der Waals surface area contributed by atoms with E-state index in [1.807, 2.05) is 31.2 Å². The summed E-state index contributed by atoms with van der Waals surface area (Å²) in [5.41, 5.74) is 2.93. The van der Waals surface area contributed by atoms with Gasteiger partial charge in [-0.2, -0.15) is 4.31 Å². The fourth-order valence-electron chi connectivity index (χ4n) is 3.58. The molecule has 1 aromatic heterocycles. The standard InChI is InChI=1S/C21H24N6O3S/c1-16-5-10-19(31(29,30)26-11-3-2-4-12-26)14-20(16)23-21(28)13-17-6-8-18(9-7-17)27-15-22-24-25-27/h5-10,14-15H,2-4,11-13H2,1H3,(H,23,28). The largest absolute Gasteiger partial charge is 0.326 e. The summed E-state index contributed by atoms with van der Waals surface area (Å²) in [5, 5.41) is 13.9. The van der Waals surface area contributed by atoms with Gasteiger partial charge in [-0.3, -0.25) is 4.79 Å². The molecule has 4 rings (SSSR count). The summed E-state index contributed by atoms with van der Waals surface area (Å²) >= 11 is 0. The molecule has 10 heteroatoms. The van der Waals surface area contributed by atoms with Gasteiger partial charge in [0.2, 0.25) is 15.9 Å². The van der Waals surface area contributed by atoms with Crippen LogP contribution in [0.3, 0.4) is 0 Å². The van der Waals surface area contributed by atoms with E-state index in [0.29, 0.717) is 18.8 Å². The van der Waals surface area contributed by atoms with Gasteiger partial charge in [0.25, 0.3) is 0 Å². The average Bonchev–Trinajstić information content (AvgIpc) is 3.31. The highest BCUT2D eigenvalue weighted by Gasteiger charge is 2.26. The van der Waals surface area contributed by atoms with E-state index < -0.39 is 10.0 Å². The number of anilines is 1. The number of rotatable bonds is 6. The summed E-state index contributed by atoms with van der Waals surface area (Å²) in [6.07, 6.45) is 4.47. The van der Waals surface area contributed by atoms with Crippen molar-refractivity contribution in [2.24, 2.45) is 0 Å². The molecule has 0 spiro atoms. The lowest BCUT2D eigenvalue weighted by atomic mass is 10.1. The van der Waals surface area contributed by atoms with Crippen LogP contribution < -0.4 is 5.32 Å².